The molecule has 33 heavy (non-hydrogen) atoms. The van der Waals surface area contributed by atoms with Crippen molar-refractivity contribution in [2.75, 3.05) is 17.7 Å². The number of anilines is 2. The van der Waals surface area contributed by atoms with Crippen molar-refractivity contribution < 1.29 is 18.7 Å². The minimum absolute atomic E-state index is 0.0327. The molecule has 0 atom stereocenters. The molecule has 0 saturated carbocycles. The summed E-state index contributed by atoms with van der Waals surface area (Å²) < 4.78 is 24.9. The highest BCUT2D eigenvalue weighted by Gasteiger charge is 2.27. The van der Waals surface area contributed by atoms with Gasteiger partial charge in [-0.2, -0.15) is 0 Å². The molecule has 0 saturated heterocycles. The Hall–Kier alpha value is -3.80. The van der Waals surface area contributed by atoms with E-state index in [4.69, 9.17) is 9.47 Å². The van der Waals surface area contributed by atoms with Gasteiger partial charge in [-0.1, -0.05) is 30.3 Å². The van der Waals surface area contributed by atoms with Crippen LogP contribution in [0.5, 0.6) is 5.75 Å². The fourth-order valence-corrected chi connectivity index (χ4v) is 4.30. The number of para-hydroxylation sites is 1. The lowest BCUT2D eigenvalue weighted by molar-refractivity contribution is 0.155. The molecule has 0 radical (unpaired) electrons. The number of amides is 1. The van der Waals surface area contributed by atoms with Gasteiger partial charge < -0.3 is 14.8 Å². The number of hydrogen-bond acceptors (Lipinski definition) is 4. The maximum absolute atomic E-state index is 13.9. The number of halogens is 1. The summed E-state index contributed by atoms with van der Waals surface area (Å²) in [5, 5.41) is 6.27. The van der Waals surface area contributed by atoms with E-state index in [0.717, 1.165) is 33.5 Å². The van der Waals surface area contributed by atoms with Crippen LogP contribution < -0.4 is 15.4 Å². The largest absolute Gasteiger partial charge is 0.496 e. The van der Waals surface area contributed by atoms with Crippen LogP contribution in [-0.4, -0.2) is 18.7 Å². The van der Waals surface area contributed by atoms with E-state index in [1.165, 1.54) is 19.2 Å². The second-order valence-electron chi connectivity index (χ2n) is 8.60. The molecule has 0 bridgehead atoms. The van der Waals surface area contributed by atoms with Gasteiger partial charge in [0, 0.05) is 34.1 Å². The number of fused-ring (bicyclic) bond motifs is 1. The quantitative estimate of drug-likeness (QED) is 0.450. The molecular weight excluding hydrogens is 419 g/mol. The first-order chi connectivity index (χ1) is 15.8. The average Bonchev–Trinajstić information content (AvgIpc) is 2.77. The monoisotopic (exact) mass is 446 g/mol. The lowest BCUT2D eigenvalue weighted by Crippen LogP contribution is -2.32. The first-order valence-corrected chi connectivity index (χ1v) is 10.7. The van der Waals surface area contributed by atoms with E-state index in [9.17, 15) is 9.18 Å². The Labute approximate surface area is 193 Å². The molecule has 0 aliphatic carbocycles. The topological polar surface area (TPSA) is 59.6 Å². The van der Waals surface area contributed by atoms with Crippen LogP contribution in [0, 0.1) is 5.82 Å². The third kappa shape index (κ3) is 4.85. The van der Waals surface area contributed by atoms with Crippen molar-refractivity contribution in [2.45, 2.75) is 32.9 Å². The molecule has 4 rings (SSSR count). The van der Waals surface area contributed by atoms with Crippen molar-refractivity contribution in [3.05, 3.63) is 83.7 Å². The van der Waals surface area contributed by atoms with Crippen LogP contribution in [0.1, 0.15) is 31.9 Å². The van der Waals surface area contributed by atoms with E-state index in [1.807, 2.05) is 37.3 Å². The number of hydrogen-bond donors (Lipinski definition) is 2. The van der Waals surface area contributed by atoms with Crippen LogP contribution in [0.4, 0.5) is 20.6 Å². The van der Waals surface area contributed by atoms with Gasteiger partial charge in [-0.25, -0.2) is 9.18 Å². The maximum atomic E-state index is 13.9. The highest BCUT2D eigenvalue weighted by Crippen LogP contribution is 2.42. The van der Waals surface area contributed by atoms with E-state index in [-0.39, 0.29) is 18.0 Å². The summed E-state index contributed by atoms with van der Waals surface area (Å²) in [7, 11) is 1.51. The van der Waals surface area contributed by atoms with Crippen LogP contribution in [0.3, 0.4) is 0 Å². The van der Waals surface area contributed by atoms with Crippen molar-refractivity contribution in [3.63, 3.8) is 0 Å². The van der Waals surface area contributed by atoms with Crippen molar-refractivity contribution in [3.8, 4) is 16.9 Å². The highest BCUT2D eigenvalue weighted by molar-refractivity contribution is 5.89. The smallest absolute Gasteiger partial charge is 0.411 e. The molecule has 0 aromatic heterocycles. The normalized spacial score (nSPS) is 13.9. The van der Waals surface area contributed by atoms with Gasteiger partial charge in [0.2, 0.25) is 0 Å². The molecule has 1 heterocycles. The average molecular weight is 447 g/mol. The predicted molar refractivity (Wildman–Crippen MR) is 130 cm³/mol. The van der Waals surface area contributed by atoms with E-state index >= 15 is 0 Å². The molecule has 170 valence electrons. The van der Waals surface area contributed by atoms with Crippen molar-refractivity contribution in [1.29, 1.82) is 0 Å². The first-order valence-electron chi connectivity index (χ1n) is 10.7. The molecule has 6 heteroatoms. The Morgan fingerprint density at radius 1 is 1.06 bits per heavy atom. The molecular formula is C27H27FN2O3. The van der Waals surface area contributed by atoms with E-state index in [1.54, 1.807) is 18.2 Å². The summed E-state index contributed by atoms with van der Waals surface area (Å²) in [6.45, 7) is 6.27. The molecule has 1 amide bonds. The van der Waals surface area contributed by atoms with Crippen LogP contribution in [0.15, 0.2) is 66.7 Å². The number of carbonyl (C=O) groups is 1. The second-order valence-corrected chi connectivity index (χ2v) is 8.60. The van der Waals surface area contributed by atoms with Gasteiger partial charge in [-0.05, 0) is 62.2 Å². The molecule has 0 spiro atoms. The lowest BCUT2D eigenvalue weighted by Gasteiger charge is -2.33. The zero-order chi connectivity index (χ0) is 23.6. The maximum Gasteiger partial charge on any atom is 0.411 e. The summed E-state index contributed by atoms with van der Waals surface area (Å²) in [6.07, 6.45) is 1.59. The van der Waals surface area contributed by atoms with Gasteiger partial charge in [0.15, 0.2) is 0 Å². The molecule has 0 unspecified atom stereocenters. The summed E-state index contributed by atoms with van der Waals surface area (Å²) >= 11 is 0. The Kier molecular flexibility index (Phi) is 6.09. The zero-order valence-electron chi connectivity index (χ0n) is 19.2. The Morgan fingerprint density at radius 2 is 1.79 bits per heavy atom. The van der Waals surface area contributed by atoms with Crippen LogP contribution in [0.25, 0.3) is 16.7 Å². The fourth-order valence-electron chi connectivity index (χ4n) is 4.30. The van der Waals surface area contributed by atoms with Crippen molar-refractivity contribution >= 4 is 23.0 Å². The molecule has 3 aromatic carbocycles. The molecule has 5 nitrogen and oxygen atoms in total. The molecule has 1 aliphatic rings. The number of allylic oxidation sites excluding steroid dienone is 1. The lowest BCUT2D eigenvalue weighted by atomic mass is 9.85. The molecule has 1 aliphatic heterocycles. The van der Waals surface area contributed by atoms with Crippen LogP contribution in [0.2, 0.25) is 0 Å². The number of methoxy groups -OCH3 is 1. The number of ether oxygens (including phenoxy) is 2. The summed E-state index contributed by atoms with van der Waals surface area (Å²) in [6, 6.07) is 17.5. The number of benzene rings is 3. The Morgan fingerprint density at radius 3 is 2.52 bits per heavy atom. The Balaban J connectivity index is 1.75. The first kappa shape index (κ1) is 22.4. The highest BCUT2D eigenvalue weighted by atomic mass is 19.1. The van der Waals surface area contributed by atoms with Crippen molar-refractivity contribution in [2.24, 2.45) is 0 Å². The van der Waals surface area contributed by atoms with Gasteiger partial charge in [-0.15, -0.1) is 0 Å². The minimum atomic E-state index is -0.554. The zero-order valence-corrected chi connectivity index (χ0v) is 19.2. The SMILES string of the molecule is COc1cc(F)ccc1-c1ccc2c(c1COC(=O)Nc1ccccc1)C(C)=CC(C)(C)N2. The minimum Gasteiger partial charge on any atom is -0.496 e. The second kappa shape index (κ2) is 8.98. The predicted octanol–water partition coefficient (Wildman–Crippen LogP) is 6.86. The summed E-state index contributed by atoms with van der Waals surface area (Å²) in [5.41, 5.74) is 5.77. The standard InChI is InChI=1S/C27H27FN2O3/c1-17-15-27(2,3)30-23-13-12-20(21-11-10-18(28)14-24(21)32-4)22(25(17)23)16-33-26(31)29-19-8-6-5-7-9-19/h5-15,30H,16H2,1-4H3,(H,29,31). The van der Waals surface area contributed by atoms with Gasteiger partial charge in [0.25, 0.3) is 0 Å². The molecule has 3 aromatic rings. The van der Waals surface area contributed by atoms with Gasteiger partial charge in [-0.3, -0.25) is 5.32 Å². The molecule has 0 fully saturated rings. The van der Waals surface area contributed by atoms with Gasteiger partial charge in [0.1, 0.15) is 18.2 Å². The van der Waals surface area contributed by atoms with Gasteiger partial charge >= 0.3 is 6.09 Å². The summed E-state index contributed by atoms with van der Waals surface area (Å²) in [4.78, 5) is 12.5. The number of nitrogens with one attached hydrogen (secondary N) is 2. The third-order valence-corrected chi connectivity index (χ3v) is 5.56. The van der Waals surface area contributed by atoms with E-state index in [2.05, 4.69) is 30.6 Å². The van der Waals surface area contributed by atoms with Gasteiger partial charge in [0.05, 0.1) is 12.6 Å². The fraction of sp³-hybridized carbons (Fsp3) is 0.222. The third-order valence-electron chi connectivity index (χ3n) is 5.56. The van der Waals surface area contributed by atoms with E-state index in [0.29, 0.717) is 11.4 Å². The number of rotatable bonds is 5. The molecule has 2 N–H and O–H groups in total. The van der Waals surface area contributed by atoms with Crippen LogP contribution >= 0.6 is 0 Å². The number of carbonyl (C=O) groups excluding carboxylic acids is 1. The van der Waals surface area contributed by atoms with Crippen molar-refractivity contribution in [1.82, 2.24) is 0 Å². The van der Waals surface area contributed by atoms with E-state index < -0.39 is 6.09 Å². The van der Waals surface area contributed by atoms with Crippen LogP contribution in [-0.2, 0) is 11.3 Å². The summed E-state index contributed by atoms with van der Waals surface area (Å²) in [5.74, 6) is 0.0313. The Bertz CT molecular complexity index is 1220.